The van der Waals surface area contributed by atoms with Crippen LogP contribution in [0.15, 0.2) is 30.3 Å². The molecule has 2 heterocycles. The fourth-order valence-corrected chi connectivity index (χ4v) is 3.52. The number of carbonyl (C=O) groups excluding carboxylic acids is 2. The first-order valence-corrected chi connectivity index (χ1v) is 9.42. The molecule has 2 N–H and O–H groups in total. The highest BCUT2D eigenvalue weighted by molar-refractivity contribution is 5.74. The number of amides is 2. The molecule has 1 unspecified atom stereocenters. The maximum atomic E-state index is 12.8. The molecule has 2 fully saturated rings. The molecule has 5 atom stereocenters. The lowest BCUT2D eigenvalue weighted by molar-refractivity contribution is -0.274. The highest BCUT2D eigenvalue weighted by Gasteiger charge is 2.50. The molecule has 8 nitrogen and oxygen atoms in total. The van der Waals surface area contributed by atoms with Gasteiger partial charge in [-0.25, -0.2) is 4.79 Å². The summed E-state index contributed by atoms with van der Waals surface area (Å²) in [5, 5.41) is 13.5. The average molecular weight is 392 g/mol. The molecule has 154 valence electrons. The molecule has 8 heteroatoms. The molecule has 2 saturated heterocycles. The second-order valence-corrected chi connectivity index (χ2v) is 8.17. The van der Waals surface area contributed by atoms with Crippen molar-refractivity contribution in [2.24, 2.45) is 0 Å². The molecule has 0 bridgehead atoms. The number of carbonyl (C=O) groups is 2. The van der Waals surface area contributed by atoms with Gasteiger partial charge in [-0.3, -0.25) is 9.69 Å². The molecule has 0 spiro atoms. The molecular formula is C20H28N2O6. The maximum absolute atomic E-state index is 12.8. The molecule has 3 rings (SSSR count). The molecule has 0 aromatic heterocycles. The largest absolute Gasteiger partial charge is 0.444 e. The predicted octanol–water partition coefficient (Wildman–Crippen LogP) is 1.59. The Balaban J connectivity index is 1.83. The molecular weight excluding hydrogens is 364 g/mol. The van der Waals surface area contributed by atoms with E-state index in [4.69, 9.17) is 14.2 Å². The minimum atomic E-state index is -0.984. The van der Waals surface area contributed by atoms with Crippen LogP contribution in [0.3, 0.4) is 0 Å². The Bertz CT molecular complexity index is 704. The molecule has 2 aliphatic heterocycles. The monoisotopic (exact) mass is 392 g/mol. The van der Waals surface area contributed by atoms with Crippen molar-refractivity contribution in [3.05, 3.63) is 35.9 Å². The lowest BCUT2D eigenvalue weighted by atomic mass is 9.91. The third-order valence-electron chi connectivity index (χ3n) is 4.71. The van der Waals surface area contributed by atoms with E-state index in [2.05, 4.69) is 5.32 Å². The summed E-state index contributed by atoms with van der Waals surface area (Å²) in [7, 11) is 0. The van der Waals surface area contributed by atoms with Crippen molar-refractivity contribution < 1.29 is 28.9 Å². The lowest BCUT2D eigenvalue weighted by Gasteiger charge is -2.50. The van der Waals surface area contributed by atoms with Crippen molar-refractivity contribution >= 4 is 12.0 Å². The first kappa shape index (κ1) is 20.6. The van der Waals surface area contributed by atoms with E-state index in [1.165, 1.54) is 11.8 Å². The van der Waals surface area contributed by atoms with Gasteiger partial charge in [-0.05, 0) is 20.8 Å². The Morgan fingerprint density at radius 2 is 1.93 bits per heavy atom. The smallest absolute Gasteiger partial charge is 0.410 e. The van der Waals surface area contributed by atoms with Crippen LogP contribution in [0.4, 0.5) is 4.79 Å². The third-order valence-corrected chi connectivity index (χ3v) is 4.71. The van der Waals surface area contributed by atoms with Crippen molar-refractivity contribution in [3.8, 4) is 0 Å². The van der Waals surface area contributed by atoms with E-state index >= 15 is 0 Å². The van der Waals surface area contributed by atoms with Crippen molar-refractivity contribution in [2.45, 2.75) is 63.9 Å². The van der Waals surface area contributed by atoms with Crippen LogP contribution in [0.2, 0.25) is 0 Å². The summed E-state index contributed by atoms with van der Waals surface area (Å²) in [5.74, 6) is -0.293. The predicted molar refractivity (Wildman–Crippen MR) is 100 cm³/mol. The summed E-state index contributed by atoms with van der Waals surface area (Å²) in [4.78, 5) is 25.8. The number of nitrogens with one attached hydrogen (secondary N) is 1. The molecule has 28 heavy (non-hydrogen) atoms. The Hall–Kier alpha value is -2.16. The van der Waals surface area contributed by atoms with Gasteiger partial charge in [0.25, 0.3) is 0 Å². The van der Waals surface area contributed by atoms with Crippen molar-refractivity contribution in [3.63, 3.8) is 0 Å². The van der Waals surface area contributed by atoms with Crippen LogP contribution in [-0.2, 0) is 19.0 Å². The fourth-order valence-electron chi connectivity index (χ4n) is 3.52. The van der Waals surface area contributed by atoms with E-state index in [1.807, 2.05) is 30.3 Å². The Morgan fingerprint density at radius 1 is 1.25 bits per heavy atom. The van der Waals surface area contributed by atoms with Gasteiger partial charge in [-0.15, -0.1) is 0 Å². The molecule has 1 aromatic carbocycles. The number of aliphatic hydroxyl groups is 1. The first-order valence-electron chi connectivity index (χ1n) is 9.42. The number of rotatable bonds is 2. The summed E-state index contributed by atoms with van der Waals surface area (Å²) in [6.07, 6.45) is -2.90. The topological polar surface area (TPSA) is 97.3 Å². The van der Waals surface area contributed by atoms with Gasteiger partial charge >= 0.3 is 6.09 Å². The van der Waals surface area contributed by atoms with Gasteiger partial charge < -0.3 is 24.6 Å². The van der Waals surface area contributed by atoms with Crippen LogP contribution >= 0.6 is 0 Å². The van der Waals surface area contributed by atoms with E-state index in [9.17, 15) is 14.7 Å². The number of ether oxygens (including phenoxy) is 3. The zero-order valence-electron chi connectivity index (χ0n) is 16.6. The van der Waals surface area contributed by atoms with Crippen LogP contribution < -0.4 is 5.32 Å². The number of hydrogen-bond acceptors (Lipinski definition) is 6. The highest BCUT2D eigenvalue weighted by Crippen LogP contribution is 2.34. The molecule has 0 aliphatic carbocycles. The van der Waals surface area contributed by atoms with E-state index in [0.717, 1.165) is 5.56 Å². The minimum Gasteiger partial charge on any atom is -0.444 e. The summed E-state index contributed by atoms with van der Waals surface area (Å²) in [5.41, 5.74) is 0.147. The lowest BCUT2D eigenvalue weighted by Crippen LogP contribution is -2.70. The van der Waals surface area contributed by atoms with E-state index in [1.54, 1.807) is 20.8 Å². The van der Waals surface area contributed by atoms with Crippen molar-refractivity contribution in [1.29, 1.82) is 0 Å². The van der Waals surface area contributed by atoms with E-state index in [0.29, 0.717) is 0 Å². The SMILES string of the molecule is CC(=O)N[C@H]1CN(C(=O)OC(C)(C)C)[C@@H]2COC(c3ccccc3)O[C@H]2[C@@H]1O. The number of fused-ring (bicyclic) bond motifs is 1. The normalized spacial score (nSPS) is 30.3. The zero-order valence-corrected chi connectivity index (χ0v) is 16.6. The Morgan fingerprint density at radius 3 is 2.54 bits per heavy atom. The number of piperidine rings is 1. The summed E-state index contributed by atoms with van der Waals surface area (Å²) in [6.45, 7) is 7.02. The highest BCUT2D eigenvalue weighted by atomic mass is 16.7. The number of likely N-dealkylation sites (tertiary alicyclic amines) is 1. The van der Waals surface area contributed by atoms with Gasteiger partial charge in [0.05, 0.1) is 18.7 Å². The molecule has 2 aliphatic rings. The number of aliphatic hydroxyl groups excluding tert-OH is 1. The summed E-state index contributed by atoms with van der Waals surface area (Å²) >= 11 is 0. The van der Waals surface area contributed by atoms with Gasteiger partial charge in [-0.2, -0.15) is 0 Å². The first-order chi connectivity index (χ1) is 13.2. The number of hydrogen-bond donors (Lipinski definition) is 2. The van der Waals surface area contributed by atoms with Crippen LogP contribution in [0.1, 0.15) is 39.5 Å². The number of nitrogens with zero attached hydrogens (tertiary/aromatic N) is 1. The summed E-state index contributed by atoms with van der Waals surface area (Å²) in [6, 6.07) is 8.20. The number of benzene rings is 1. The minimum absolute atomic E-state index is 0.111. The average Bonchev–Trinajstić information content (AvgIpc) is 2.62. The molecule has 0 radical (unpaired) electrons. The van der Waals surface area contributed by atoms with Crippen LogP contribution in [-0.4, -0.2) is 65.1 Å². The standard InChI is InChI=1S/C20H28N2O6/c1-12(23)21-14-10-22(19(25)28-20(2,3)4)15-11-26-18(27-17(15)16(14)24)13-8-6-5-7-9-13/h5-9,14-18,24H,10-11H2,1-4H3,(H,21,23)/t14-,15+,16+,17+,18?/m0/s1. The molecule has 0 saturated carbocycles. The van der Waals surface area contributed by atoms with E-state index < -0.39 is 42.3 Å². The fraction of sp³-hybridized carbons (Fsp3) is 0.600. The Labute approximate surface area is 164 Å². The van der Waals surface area contributed by atoms with Crippen molar-refractivity contribution in [2.75, 3.05) is 13.2 Å². The quantitative estimate of drug-likeness (QED) is 0.793. The van der Waals surface area contributed by atoms with Crippen molar-refractivity contribution in [1.82, 2.24) is 10.2 Å². The van der Waals surface area contributed by atoms with Gasteiger partial charge in [0.2, 0.25) is 5.91 Å². The van der Waals surface area contributed by atoms with Crippen LogP contribution in [0.25, 0.3) is 0 Å². The molecule has 1 aromatic rings. The second kappa shape index (κ2) is 8.06. The third kappa shape index (κ3) is 4.63. The zero-order chi connectivity index (χ0) is 20.5. The second-order valence-electron chi connectivity index (χ2n) is 8.17. The van der Waals surface area contributed by atoms with Crippen LogP contribution in [0, 0.1) is 0 Å². The van der Waals surface area contributed by atoms with Gasteiger partial charge in [0, 0.05) is 19.0 Å². The van der Waals surface area contributed by atoms with Gasteiger partial charge in [0.1, 0.15) is 17.8 Å². The van der Waals surface area contributed by atoms with E-state index in [-0.39, 0.29) is 19.1 Å². The molecule has 2 amide bonds. The van der Waals surface area contributed by atoms with Gasteiger partial charge in [-0.1, -0.05) is 30.3 Å². The van der Waals surface area contributed by atoms with Gasteiger partial charge in [0.15, 0.2) is 6.29 Å². The van der Waals surface area contributed by atoms with Crippen LogP contribution in [0.5, 0.6) is 0 Å². The Kier molecular flexibility index (Phi) is 5.92. The summed E-state index contributed by atoms with van der Waals surface area (Å²) < 4.78 is 17.4. The maximum Gasteiger partial charge on any atom is 0.410 e.